The normalized spacial score (nSPS) is 16.3. The van der Waals surface area contributed by atoms with E-state index in [1.165, 1.54) is 19.7 Å². The fourth-order valence-electron chi connectivity index (χ4n) is 2.60. The van der Waals surface area contributed by atoms with Gasteiger partial charge in [-0.15, -0.1) is 0 Å². The molecule has 1 saturated heterocycles. The van der Waals surface area contributed by atoms with E-state index < -0.39 is 10.2 Å². The molecule has 0 atom stereocenters. The lowest BCUT2D eigenvalue weighted by molar-refractivity contribution is -0.134. The van der Waals surface area contributed by atoms with E-state index in [0.717, 1.165) is 9.87 Å². The van der Waals surface area contributed by atoms with Gasteiger partial charge in [-0.05, 0) is 49.9 Å². The third-order valence-electron chi connectivity index (χ3n) is 4.48. The van der Waals surface area contributed by atoms with Crippen LogP contribution in [0.3, 0.4) is 0 Å². The molecule has 0 unspecified atom stereocenters. The van der Waals surface area contributed by atoms with Crippen LogP contribution in [0.25, 0.3) is 0 Å². The zero-order valence-electron chi connectivity index (χ0n) is 15.3. The summed E-state index contributed by atoms with van der Waals surface area (Å²) in [5.41, 5.74) is 2.31. The molecule has 0 aliphatic carbocycles. The number of carbonyl (C=O) groups is 1. The second-order valence-electron chi connectivity index (χ2n) is 6.60. The standard InChI is InChI=1S/C17H27N3O4S/c1-13-5-6-16(11-14(13)2)24-12-17(21)20-9-7-15(8-10-20)18-25(22,23)19(3)4/h5-6,11,15,18H,7-10,12H2,1-4H3. The lowest BCUT2D eigenvalue weighted by Gasteiger charge is -2.32. The van der Waals surface area contributed by atoms with Crippen molar-refractivity contribution < 1.29 is 17.9 Å². The van der Waals surface area contributed by atoms with Crippen molar-refractivity contribution in [3.05, 3.63) is 29.3 Å². The van der Waals surface area contributed by atoms with E-state index in [-0.39, 0.29) is 18.6 Å². The van der Waals surface area contributed by atoms with E-state index in [2.05, 4.69) is 4.72 Å². The minimum atomic E-state index is -3.43. The molecule has 140 valence electrons. The number of ether oxygens (including phenoxy) is 1. The second kappa shape index (κ2) is 8.16. The van der Waals surface area contributed by atoms with Crippen LogP contribution in [0.4, 0.5) is 0 Å². The number of rotatable bonds is 6. The van der Waals surface area contributed by atoms with Crippen molar-refractivity contribution in [1.29, 1.82) is 0 Å². The molecule has 1 amide bonds. The molecule has 1 aliphatic heterocycles. The smallest absolute Gasteiger partial charge is 0.279 e. The summed E-state index contributed by atoms with van der Waals surface area (Å²) >= 11 is 0. The molecule has 1 fully saturated rings. The number of aryl methyl sites for hydroxylation is 2. The van der Waals surface area contributed by atoms with Gasteiger partial charge in [-0.3, -0.25) is 4.79 Å². The third kappa shape index (κ3) is 5.42. The molecule has 7 nitrogen and oxygen atoms in total. The molecule has 1 N–H and O–H groups in total. The molecule has 1 aliphatic rings. The molecule has 0 spiro atoms. The summed E-state index contributed by atoms with van der Waals surface area (Å²) in [4.78, 5) is 14.0. The van der Waals surface area contributed by atoms with Gasteiger partial charge in [-0.1, -0.05) is 6.07 Å². The SMILES string of the molecule is Cc1ccc(OCC(=O)N2CCC(NS(=O)(=O)N(C)C)CC2)cc1C. The number of likely N-dealkylation sites (tertiary alicyclic amines) is 1. The van der Waals surface area contributed by atoms with Gasteiger partial charge < -0.3 is 9.64 Å². The number of benzene rings is 1. The average molecular weight is 369 g/mol. The largest absolute Gasteiger partial charge is 0.484 e. The van der Waals surface area contributed by atoms with Crippen LogP contribution in [-0.4, -0.2) is 63.4 Å². The average Bonchev–Trinajstić information content (AvgIpc) is 2.56. The zero-order chi connectivity index (χ0) is 18.6. The minimum Gasteiger partial charge on any atom is -0.484 e. The molecule has 1 aromatic rings. The van der Waals surface area contributed by atoms with Crippen LogP contribution in [0, 0.1) is 13.8 Å². The van der Waals surface area contributed by atoms with Gasteiger partial charge in [0, 0.05) is 33.2 Å². The van der Waals surface area contributed by atoms with Gasteiger partial charge in [0.1, 0.15) is 5.75 Å². The molecule has 0 saturated carbocycles. The first kappa shape index (κ1) is 19.7. The van der Waals surface area contributed by atoms with Crippen molar-refractivity contribution in [2.45, 2.75) is 32.7 Å². The lowest BCUT2D eigenvalue weighted by Crippen LogP contribution is -2.49. The highest BCUT2D eigenvalue weighted by Gasteiger charge is 2.26. The summed E-state index contributed by atoms with van der Waals surface area (Å²) in [6.45, 7) is 5.07. The van der Waals surface area contributed by atoms with E-state index in [4.69, 9.17) is 4.74 Å². The van der Waals surface area contributed by atoms with Crippen molar-refractivity contribution in [3.8, 4) is 5.75 Å². The lowest BCUT2D eigenvalue weighted by atomic mass is 10.1. The van der Waals surface area contributed by atoms with Crippen LogP contribution < -0.4 is 9.46 Å². The number of hydrogen-bond acceptors (Lipinski definition) is 4. The highest BCUT2D eigenvalue weighted by atomic mass is 32.2. The first-order valence-electron chi connectivity index (χ1n) is 8.36. The van der Waals surface area contributed by atoms with E-state index in [9.17, 15) is 13.2 Å². The molecule has 1 heterocycles. The molecule has 2 rings (SSSR count). The molecule has 1 aromatic carbocycles. The van der Waals surface area contributed by atoms with Crippen LogP contribution in [0.1, 0.15) is 24.0 Å². The molecule has 25 heavy (non-hydrogen) atoms. The Kier molecular flexibility index (Phi) is 6.42. The van der Waals surface area contributed by atoms with Crippen LogP contribution in [0.15, 0.2) is 18.2 Å². The fourth-order valence-corrected chi connectivity index (χ4v) is 3.47. The first-order valence-corrected chi connectivity index (χ1v) is 9.80. The van der Waals surface area contributed by atoms with Gasteiger partial charge >= 0.3 is 0 Å². The number of nitrogens with one attached hydrogen (secondary N) is 1. The van der Waals surface area contributed by atoms with Crippen LogP contribution in [-0.2, 0) is 15.0 Å². The topological polar surface area (TPSA) is 79.0 Å². The Balaban J connectivity index is 1.80. The van der Waals surface area contributed by atoms with Gasteiger partial charge in [-0.25, -0.2) is 0 Å². The van der Waals surface area contributed by atoms with E-state index in [1.54, 1.807) is 4.90 Å². The Morgan fingerprint density at radius 1 is 1.24 bits per heavy atom. The summed E-state index contributed by atoms with van der Waals surface area (Å²) in [6, 6.07) is 5.61. The first-order chi connectivity index (χ1) is 11.7. The van der Waals surface area contributed by atoms with Crippen LogP contribution in [0.2, 0.25) is 0 Å². The molecule has 0 aromatic heterocycles. The van der Waals surface area contributed by atoms with E-state index >= 15 is 0 Å². The summed E-state index contributed by atoms with van der Waals surface area (Å²) < 4.78 is 33.1. The van der Waals surface area contributed by atoms with Gasteiger partial charge in [0.15, 0.2) is 6.61 Å². The van der Waals surface area contributed by atoms with Crippen molar-refractivity contribution in [2.24, 2.45) is 0 Å². The maximum atomic E-state index is 12.3. The zero-order valence-corrected chi connectivity index (χ0v) is 16.1. The Hall–Kier alpha value is -1.64. The summed E-state index contributed by atoms with van der Waals surface area (Å²) in [5.74, 6) is 0.609. The number of amides is 1. The Morgan fingerprint density at radius 2 is 1.88 bits per heavy atom. The number of hydrogen-bond donors (Lipinski definition) is 1. The summed E-state index contributed by atoms with van der Waals surface area (Å²) in [7, 11) is -0.452. The molecular formula is C17H27N3O4S. The molecule has 0 bridgehead atoms. The second-order valence-corrected chi connectivity index (χ2v) is 8.51. The number of piperidine rings is 1. The monoisotopic (exact) mass is 369 g/mol. The minimum absolute atomic E-state index is 0.00338. The van der Waals surface area contributed by atoms with Gasteiger partial charge in [-0.2, -0.15) is 17.4 Å². The molecule has 0 radical (unpaired) electrons. The van der Waals surface area contributed by atoms with Gasteiger partial charge in [0.2, 0.25) is 0 Å². The Morgan fingerprint density at radius 3 is 2.44 bits per heavy atom. The van der Waals surface area contributed by atoms with Crippen LogP contribution >= 0.6 is 0 Å². The van der Waals surface area contributed by atoms with Crippen molar-refractivity contribution in [3.63, 3.8) is 0 Å². The maximum Gasteiger partial charge on any atom is 0.279 e. The Labute approximate surface area is 150 Å². The maximum absolute atomic E-state index is 12.3. The summed E-state index contributed by atoms with van der Waals surface area (Å²) in [6.07, 6.45) is 1.20. The highest BCUT2D eigenvalue weighted by molar-refractivity contribution is 7.87. The number of nitrogens with zero attached hydrogens (tertiary/aromatic N) is 2. The van der Waals surface area contributed by atoms with E-state index in [1.807, 2.05) is 32.0 Å². The van der Waals surface area contributed by atoms with Crippen molar-refractivity contribution in [2.75, 3.05) is 33.8 Å². The van der Waals surface area contributed by atoms with Crippen molar-refractivity contribution in [1.82, 2.24) is 13.9 Å². The quantitative estimate of drug-likeness (QED) is 0.814. The number of carbonyl (C=O) groups excluding carboxylic acids is 1. The molecule has 8 heteroatoms. The third-order valence-corrected chi connectivity index (χ3v) is 6.08. The van der Waals surface area contributed by atoms with E-state index in [0.29, 0.717) is 31.7 Å². The van der Waals surface area contributed by atoms with Crippen molar-refractivity contribution >= 4 is 16.1 Å². The Bertz CT molecular complexity index is 711. The van der Waals surface area contributed by atoms with Gasteiger partial charge in [0.05, 0.1) is 0 Å². The predicted molar refractivity (Wildman–Crippen MR) is 96.8 cm³/mol. The van der Waals surface area contributed by atoms with Crippen LogP contribution in [0.5, 0.6) is 5.75 Å². The van der Waals surface area contributed by atoms with Gasteiger partial charge in [0.25, 0.3) is 16.1 Å². The summed E-state index contributed by atoms with van der Waals surface area (Å²) in [5, 5.41) is 0. The fraction of sp³-hybridized carbons (Fsp3) is 0.588. The molecular weight excluding hydrogens is 342 g/mol. The predicted octanol–water partition coefficient (Wildman–Crippen LogP) is 1.07. The highest BCUT2D eigenvalue weighted by Crippen LogP contribution is 2.17.